The van der Waals surface area contributed by atoms with Gasteiger partial charge in [-0.2, -0.15) is 5.10 Å². The molecule has 0 unspecified atom stereocenters. The molecule has 1 amide bonds. The standard InChI is InChI=1S/C33H21ClN6O3/c34-25-13-15-26(16-14-25)39-30(23-11-9-22(10-12-23)21-5-2-1-3-6-21)37-31-28(33(39)42)20-35-40(31)27-8-4-7-24(19-27)32(41)36-29-17-18-43-38-29/h1-20H,(H,36,38,41). The Hall–Kier alpha value is -5.80. The number of aromatic nitrogens is 5. The van der Waals surface area contributed by atoms with Gasteiger partial charge in [-0.05, 0) is 53.6 Å². The van der Waals surface area contributed by atoms with E-state index in [1.54, 1.807) is 63.8 Å². The molecule has 7 rings (SSSR count). The van der Waals surface area contributed by atoms with Gasteiger partial charge in [0.15, 0.2) is 11.5 Å². The Balaban J connectivity index is 1.37. The maximum absolute atomic E-state index is 14.1. The first-order valence-corrected chi connectivity index (χ1v) is 13.7. The van der Waals surface area contributed by atoms with Crippen LogP contribution in [-0.4, -0.2) is 30.4 Å². The lowest BCUT2D eigenvalue weighted by Gasteiger charge is -2.14. The van der Waals surface area contributed by atoms with E-state index in [0.29, 0.717) is 44.6 Å². The highest BCUT2D eigenvalue weighted by Crippen LogP contribution is 2.27. The van der Waals surface area contributed by atoms with Crippen LogP contribution in [0.3, 0.4) is 0 Å². The fourth-order valence-corrected chi connectivity index (χ4v) is 4.99. The topological polar surface area (TPSA) is 108 Å². The highest BCUT2D eigenvalue weighted by molar-refractivity contribution is 6.30. The van der Waals surface area contributed by atoms with Gasteiger partial charge in [-0.3, -0.25) is 14.2 Å². The summed E-state index contributed by atoms with van der Waals surface area (Å²) in [5.74, 6) is 0.359. The summed E-state index contributed by atoms with van der Waals surface area (Å²) in [5, 5.41) is 11.8. The molecule has 0 spiro atoms. The third-order valence-corrected chi connectivity index (χ3v) is 7.22. The number of amides is 1. The first kappa shape index (κ1) is 26.1. The normalized spacial score (nSPS) is 11.1. The number of nitrogens with one attached hydrogen (secondary N) is 1. The van der Waals surface area contributed by atoms with E-state index in [2.05, 4.69) is 15.6 Å². The molecule has 0 aliphatic rings. The SMILES string of the molecule is O=C(Nc1ccon1)c1cccc(-n2ncc3c(=O)n(-c4ccc(Cl)cc4)c(-c4ccc(-c5ccccc5)cc4)nc32)c1. The fourth-order valence-electron chi connectivity index (χ4n) is 4.87. The van der Waals surface area contributed by atoms with E-state index in [1.165, 1.54) is 12.5 Å². The zero-order chi connectivity index (χ0) is 29.3. The summed E-state index contributed by atoms with van der Waals surface area (Å²) >= 11 is 6.16. The van der Waals surface area contributed by atoms with Crippen molar-refractivity contribution in [2.24, 2.45) is 0 Å². The van der Waals surface area contributed by atoms with Crippen LogP contribution in [0.25, 0.3) is 44.9 Å². The molecule has 10 heteroatoms. The van der Waals surface area contributed by atoms with Crippen molar-refractivity contribution in [2.75, 3.05) is 5.32 Å². The predicted octanol–water partition coefficient (Wildman–Crippen LogP) is 6.80. The molecule has 43 heavy (non-hydrogen) atoms. The van der Waals surface area contributed by atoms with Crippen LogP contribution >= 0.6 is 11.6 Å². The first-order valence-electron chi connectivity index (χ1n) is 13.3. The van der Waals surface area contributed by atoms with Gasteiger partial charge in [-0.15, -0.1) is 0 Å². The van der Waals surface area contributed by atoms with Crippen LogP contribution in [0, 0.1) is 0 Å². The molecule has 0 fully saturated rings. The van der Waals surface area contributed by atoms with E-state index < -0.39 is 0 Å². The number of hydrogen-bond acceptors (Lipinski definition) is 6. The number of fused-ring (bicyclic) bond motifs is 1. The maximum Gasteiger partial charge on any atom is 0.269 e. The number of hydrogen-bond donors (Lipinski definition) is 1. The van der Waals surface area contributed by atoms with Crippen molar-refractivity contribution in [3.63, 3.8) is 0 Å². The van der Waals surface area contributed by atoms with Crippen molar-refractivity contribution in [3.8, 4) is 33.9 Å². The lowest BCUT2D eigenvalue weighted by atomic mass is 10.0. The average Bonchev–Trinajstić information content (AvgIpc) is 3.73. The van der Waals surface area contributed by atoms with Gasteiger partial charge in [0, 0.05) is 22.2 Å². The largest absolute Gasteiger partial charge is 0.363 e. The van der Waals surface area contributed by atoms with Crippen LogP contribution in [0.2, 0.25) is 5.02 Å². The summed E-state index contributed by atoms with van der Waals surface area (Å²) in [6.07, 6.45) is 2.86. The van der Waals surface area contributed by atoms with Crippen molar-refractivity contribution < 1.29 is 9.32 Å². The molecule has 4 aromatic carbocycles. The van der Waals surface area contributed by atoms with E-state index in [9.17, 15) is 9.59 Å². The molecule has 0 bridgehead atoms. The van der Waals surface area contributed by atoms with E-state index in [-0.39, 0.29) is 11.5 Å². The van der Waals surface area contributed by atoms with Gasteiger partial charge in [-0.25, -0.2) is 9.67 Å². The van der Waals surface area contributed by atoms with Gasteiger partial charge < -0.3 is 9.84 Å². The summed E-state index contributed by atoms with van der Waals surface area (Å²) in [7, 11) is 0. The van der Waals surface area contributed by atoms with E-state index in [1.807, 2.05) is 54.6 Å². The van der Waals surface area contributed by atoms with Crippen LogP contribution in [0.4, 0.5) is 5.82 Å². The molecule has 1 N–H and O–H groups in total. The Kier molecular flexibility index (Phi) is 6.61. The maximum atomic E-state index is 14.1. The van der Waals surface area contributed by atoms with Gasteiger partial charge in [0.05, 0.1) is 17.6 Å². The molecular weight excluding hydrogens is 564 g/mol. The number of halogens is 1. The summed E-state index contributed by atoms with van der Waals surface area (Å²) < 4.78 is 7.90. The lowest BCUT2D eigenvalue weighted by Crippen LogP contribution is -2.22. The third kappa shape index (κ3) is 4.98. The third-order valence-electron chi connectivity index (χ3n) is 6.97. The van der Waals surface area contributed by atoms with E-state index in [0.717, 1.165) is 16.7 Å². The number of nitrogens with zero attached hydrogens (tertiary/aromatic N) is 5. The van der Waals surface area contributed by atoms with Gasteiger partial charge in [0.2, 0.25) is 0 Å². The molecule has 0 saturated carbocycles. The Labute approximate surface area is 249 Å². The van der Waals surface area contributed by atoms with Crippen molar-refractivity contribution in [1.29, 1.82) is 0 Å². The second kappa shape index (κ2) is 10.9. The van der Waals surface area contributed by atoms with Crippen molar-refractivity contribution >= 4 is 34.4 Å². The molecule has 0 saturated heterocycles. The average molecular weight is 585 g/mol. The first-order chi connectivity index (χ1) is 21.0. The number of carbonyl (C=O) groups is 1. The molecule has 7 aromatic rings. The Morgan fingerprint density at radius 1 is 0.791 bits per heavy atom. The second-order valence-electron chi connectivity index (χ2n) is 9.68. The van der Waals surface area contributed by atoms with Gasteiger partial charge in [0.25, 0.3) is 11.5 Å². The minimum atomic E-state index is -0.371. The Morgan fingerprint density at radius 2 is 1.53 bits per heavy atom. The lowest BCUT2D eigenvalue weighted by molar-refractivity contribution is 0.102. The van der Waals surface area contributed by atoms with Gasteiger partial charge in [0.1, 0.15) is 17.5 Å². The van der Waals surface area contributed by atoms with E-state index >= 15 is 0 Å². The van der Waals surface area contributed by atoms with Crippen molar-refractivity contribution in [2.45, 2.75) is 0 Å². The van der Waals surface area contributed by atoms with Crippen LogP contribution in [-0.2, 0) is 0 Å². The highest BCUT2D eigenvalue weighted by Gasteiger charge is 2.19. The van der Waals surface area contributed by atoms with Gasteiger partial charge in [-0.1, -0.05) is 77.4 Å². The molecule has 0 aliphatic heterocycles. The van der Waals surface area contributed by atoms with Gasteiger partial charge >= 0.3 is 0 Å². The number of benzene rings is 4. The summed E-state index contributed by atoms with van der Waals surface area (Å²) in [6.45, 7) is 0. The van der Waals surface area contributed by atoms with Crippen molar-refractivity contribution in [1.82, 2.24) is 24.5 Å². The van der Waals surface area contributed by atoms with Crippen LogP contribution in [0.1, 0.15) is 10.4 Å². The molecule has 0 radical (unpaired) electrons. The molecule has 3 heterocycles. The summed E-state index contributed by atoms with van der Waals surface area (Å²) in [4.78, 5) is 31.9. The molecule has 0 atom stereocenters. The molecular formula is C33H21ClN6O3. The van der Waals surface area contributed by atoms with Crippen LogP contribution < -0.4 is 10.9 Å². The molecule has 9 nitrogen and oxygen atoms in total. The quantitative estimate of drug-likeness (QED) is 0.230. The van der Waals surface area contributed by atoms with Crippen LogP contribution in [0.15, 0.2) is 131 Å². The highest BCUT2D eigenvalue weighted by atomic mass is 35.5. The van der Waals surface area contributed by atoms with E-state index in [4.69, 9.17) is 21.1 Å². The van der Waals surface area contributed by atoms with Crippen molar-refractivity contribution in [3.05, 3.63) is 143 Å². The molecule has 3 aromatic heterocycles. The minimum absolute atomic E-state index is 0.291. The van der Waals surface area contributed by atoms with Crippen LogP contribution in [0.5, 0.6) is 0 Å². The summed E-state index contributed by atoms with van der Waals surface area (Å²) in [5.41, 5.74) is 4.47. The monoisotopic (exact) mass is 584 g/mol. The molecule has 208 valence electrons. The smallest absolute Gasteiger partial charge is 0.269 e. The Bertz CT molecular complexity index is 2140. The summed E-state index contributed by atoms with van der Waals surface area (Å²) in [6, 6.07) is 33.4. The Morgan fingerprint density at radius 3 is 2.28 bits per heavy atom. The molecule has 0 aliphatic carbocycles. The predicted molar refractivity (Wildman–Crippen MR) is 165 cm³/mol. The second-order valence-corrected chi connectivity index (χ2v) is 10.1. The minimum Gasteiger partial charge on any atom is -0.363 e. The fraction of sp³-hybridized carbons (Fsp3) is 0. The number of carbonyl (C=O) groups excluding carboxylic acids is 1. The number of anilines is 1. The zero-order valence-electron chi connectivity index (χ0n) is 22.4. The zero-order valence-corrected chi connectivity index (χ0v) is 23.1. The number of rotatable bonds is 6.